The Morgan fingerprint density at radius 1 is 1.33 bits per heavy atom. The van der Waals surface area contributed by atoms with Crippen LogP contribution >= 0.6 is 11.6 Å². The molecule has 0 radical (unpaired) electrons. The van der Waals surface area contributed by atoms with Crippen molar-refractivity contribution in [3.63, 3.8) is 0 Å². The first-order valence-electron chi connectivity index (χ1n) is 2.99. The molecule has 0 aliphatic heterocycles. The number of phenolic OH excluding ortho intramolecular Hbond substituents is 1. The minimum absolute atomic E-state index is 0.428. The first-order chi connectivity index (χ1) is 5.54. The highest BCUT2D eigenvalue weighted by molar-refractivity contribution is 6.30. The normalized spacial score (nSPS) is 10.8. The van der Waals surface area contributed by atoms with Crippen LogP contribution < -0.4 is 0 Å². The van der Waals surface area contributed by atoms with E-state index in [1.54, 1.807) is 0 Å². The van der Waals surface area contributed by atoms with E-state index in [-0.39, 0.29) is 0 Å². The topological polar surface area (TPSA) is 20.2 Å². The third-order valence-corrected chi connectivity index (χ3v) is 1.62. The van der Waals surface area contributed by atoms with E-state index in [0.29, 0.717) is 0 Å². The number of aromatic hydroxyl groups is 1. The fraction of sp³-hybridized carbons (Fsp3) is 0.143. The van der Waals surface area contributed by atoms with Crippen molar-refractivity contribution in [2.45, 2.75) is 6.43 Å². The molecule has 0 aliphatic carbocycles. The van der Waals surface area contributed by atoms with Gasteiger partial charge in [0.05, 0.1) is 10.6 Å². The number of phenols is 1. The molecule has 0 saturated heterocycles. The predicted molar refractivity (Wildman–Crippen MR) is 38.0 cm³/mol. The predicted octanol–water partition coefficient (Wildman–Crippen LogP) is 3.12. The Labute approximate surface area is 71.4 Å². The monoisotopic (exact) mass is 196 g/mol. The Balaban J connectivity index is 3.33. The van der Waals surface area contributed by atoms with Crippen LogP contribution in [0.5, 0.6) is 5.75 Å². The summed E-state index contributed by atoms with van der Waals surface area (Å²) in [6, 6.07) is 1.94. The molecule has 0 heterocycles. The van der Waals surface area contributed by atoms with Gasteiger partial charge in [-0.15, -0.1) is 0 Å². The lowest BCUT2D eigenvalue weighted by atomic mass is 10.2. The van der Waals surface area contributed by atoms with Crippen LogP contribution in [0.25, 0.3) is 0 Å². The molecule has 66 valence electrons. The fourth-order valence-corrected chi connectivity index (χ4v) is 0.929. The summed E-state index contributed by atoms with van der Waals surface area (Å²) >= 11 is 5.21. The van der Waals surface area contributed by atoms with Gasteiger partial charge in [-0.05, 0) is 12.1 Å². The zero-order valence-corrected chi connectivity index (χ0v) is 6.45. The maximum atomic E-state index is 12.7. The SMILES string of the molecule is Oc1ccc(Cl)c(F)c1C(F)F. The molecule has 0 atom stereocenters. The molecule has 1 aromatic rings. The smallest absolute Gasteiger partial charge is 0.270 e. The van der Waals surface area contributed by atoms with Crippen molar-refractivity contribution in [1.82, 2.24) is 0 Å². The van der Waals surface area contributed by atoms with Crippen molar-refractivity contribution >= 4 is 11.6 Å². The van der Waals surface area contributed by atoms with Gasteiger partial charge in [0.2, 0.25) is 0 Å². The molecule has 0 amide bonds. The quantitative estimate of drug-likeness (QED) is 0.732. The number of alkyl halides is 2. The van der Waals surface area contributed by atoms with E-state index >= 15 is 0 Å². The lowest BCUT2D eigenvalue weighted by Gasteiger charge is -2.04. The molecule has 0 unspecified atom stereocenters. The standard InChI is InChI=1S/C7H4ClF3O/c8-3-1-2-4(12)5(6(3)9)7(10)11/h1-2,7,12H. The Hall–Kier alpha value is -0.900. The maximum absolute atomic E-state index is 12.7. The number of hydrogen-bond donors (Lipinski definition) is 1. The summed E-state index contributed by atoms with van der Waals surface area (Å²) in [5.41, 5.74) is -1.05. The van der Waals surface area contributed by atoms with Crippen molar-refractivity contribution in [3.05, 3.63) is 28.5 Å². The molecule has 0 aliphatic rings. The van der Waals surface area contributed by atoms with Crippen molar-refractivity contribution in [2.24, 2.45) is 0 Å². The molecule has 1 nitrogen and oxygen atoms in total. The van der Waals surface area contributed by atoms with Crippen molar-refractivity contribution in [3.8, 4) is 5.75 Å². The number of halogens is 4. The third-order valence-electron chi connectivity index (χ3n) is 1.33. The van der Waals surface area contributed by atoms with Gasteiger partial charge in [0.15, 0.2) is 5.82 Å². The van der Waals surface area contributed by atoms with Gasteiger partial charge >= 0.3 is 0 Å². The number of benzene rings is 1. The van der Waals surface area contributed by atoms with Crippen LogP contribution in [0, 0.1) is 5.82 Å². The lowest BCUT2D eigenvalue weighted by Crippen LogP contribution is -1.92. The van der Waals surface area contributed by atoms with E-state index in [2.05, 4.69) is 0 Å². The summed E-state index contributed by atoms with van der Waals surface area (Å²) in [6.07, 6.45) is -3.07. The van der Waals surface area contributed by atoms with Crippen LogP contribution in [0.15, 0.2) is 12.1 Å². The molecule has 12 heavy (non-hydrogen) atoms. The second-order valence-electron chi connectivity index (χ2n) is 2.09. The van der Waals surface area contributed by atoms with Crippen molar-refractivity contribution in [1.29, 1.82) is 0 Å². The molecule has 1 rings (SSSR count). The van der Waals surface area contributed by atoms with Gasteiger partial charge in [-0.25, -0.2) is 13.2 Å². The summed E-state index contributed by atoms with van der Waals surface area (Å²) in [5.74, 6) is -2.06. The number of hydrogen-bond acceptors (Lipinski definition) is 1. The summed E-state index contributed by atoms with van der Waals surface area (Å²) in [5, 5.41) is 8.38. The van der Waals surface area contributed by atoms with E-state index in [0.717, 1.165) is 12.1 Å². The fourth-order valence-electron chi connectivity index (χ4n) is 0.764. The highest BCUT2D eigenvalue weighted by Gasteiger charge is 2.20. The van der Waals surface area contributed by atoms with Gasteiger partial charge in [0.25, 0.3) is 6.43 Å². The molecule has 0 aromatic heterocycles. The zero-order valence-electron chi connectivity index (χ0n) is 5.69. The van der Waals surface area contributed by atoms with Gasteiger partial charge in [-0.1, -0.05) is 11.6 Å². The van der Waals surface area contributed by atoms with E-state index in [9.17, 15) is 13.2 Å². The van der Waals surface area contributed by atoms with Crippen molar-refractivity contribution < 1.29 is 18.3 Å². The van der Waals surface area contributed by atoms with Gasteiger partial charge in [-0.3, -0.25) is 0 Å². The molecule has 1 aromatic carbocycles. The lowest BCUT2D eigenvalue weighted by molar-refractivity contribution is 0.142. The van der Waals surface area contributed by atoms with Crippen LogP contribution in [0.2, 0.25) is 5.02 Å². The summed E-state index contributed by atoms with van der Waals surface area (Å²) in [6.45, 7) is 0. The summed E-state index contributed by atoms with van der Waals surface area (Å²) in [4.78, 5) is 0. The van der Waals surface area contributed by atoms with Crippen LogP contribution in [-0.4, -0.2) is 5.11 Å². The summed E-state index contributed by atoms with van der Waals surface area (Å²) < 4.78 is 36.8. The van der Waals surface area contributed by atoms with Gasteiger partial charge in [-0.2, -0.15) is 0 Å². The average molecular weight is 197 g/mol. The average Bonchev–Trinajstić information content (AvgIpc) is 1.97. The molecule has 0 bridgehead atoms. The van der Waals surface area contributed by atoms with Crippen LogP contribution in [0.4, 0.5) is 13.2 Å². The van der Waals surface area contributed by atoms with Crippen LogP contribution in [-0.2, 0) is 0 Å². The second-order valence-corrected chi connectivity index (χ2v) is 2.50. The largest absolute Gasteiger partial charge is 0.507 e. The Morgan fingerprint density at radius 2 is 1.92 bits per heavy atom. The van der Waals surface area contributed by atoms with E-state index in [4.69, 9.17) is 16.7 Å². The molecular weight excluding hydrogens is 193 g/mol. The zero-order chi connectivity index (χ0) is 9.30. The highest BCUT2D eigenvalue weighted by Crippen LogP contribution is 2.33. The first-order valence-corrected chi connectivity index (χ1v) is 3.37. The number of rotatable bonds is 1. The highest BCUT2D eigenvalue weighted by atomic mass is 35.5. The van der Waals surface area contributed by atoms with Gasteiger partial charge < -0.3 is 5.11 Å². The molecule has 0 saturated carbocycles. The Kier molecular flexibility index (Phi) is 2.47. The molecule has 1 N–H and O–H groups in total. The maximum Gasteiger partial charge on any atom is 0.270 e. The molecule has 0 fully saturated rings. The second kappa shape index (κ2) is 3.23. The van der Waals surface area contributed by atoms with Crippen LogP contribution in [0.3, 0.4) is 0 Å². The van der Waals surface area contributed by atoms with Crippen molar-refractivity contribution in [2.75, 3.05) is 0 Å². The van der Waals surface area contributed by atoms with E-state index in [1.807, 2.05) is 0 Å². The Bertz CT molecular complexity index is 301. The van der Waals surface area contributed by atoms with Crippen LogP contribution in [0.1, 0.15) is 12.0 Å². The summed E-state index contributed by atoms with van der Waals surface area (Å²) in [7, 11) is 0. The molecule has 0 spiro atoms. The van der Waals surface area contributed by atoms with E-state index < -0.39 is 28.6 Å². The minimum atomic E-state index is -3.07. The van der Waals surface area contributed by atoms with Gasteiger partial charge in [0, 0.05) is 0 Å². The van der Waals surface area contributed by atoms with E-state index in [1.165, 1.54) is 0 Å². The molecular formula is C7H4ClF3O. The minimum Gasteiger partial charge on any atom is -0.507 e. The van der Waals surface area contributed by atoms with Gasteiger partial charge in [0.1, 0.15) is 5.75 Å². The molecule has 5 heteroatoms. The Morgan fingerprint density at radius 3 is 2.33 bits per heavy atom. The first kappa shape index (κ1) is 9.19. The third kappa shape index (κ3) is 1.48.